The second-order valence-electron chi connectivity index (χ2n) is 15.2. The smallest absolute Gasteiger partial charge is 0.306 e. The Kier molecular flexibility index (Phi) is 34.5. The molecule has 0 aromatic heterocycles. The zero-order valence-electron chi connectivity index (χ0n) is 35.2. The van der Waals surface area contributed by atoms with Crippen LogP contribution in [-0.4, -0.2) is 81.2 Å². The Bertz CT molecular complexity index is 1140. The van der Waals surface area contributed by atoms with Gasteiger partial charge in [-0.25, -0.2) is 0 Å². The number of esters is 2. The van der Waals surface area contributed by atoms with Gasteiger partial charge < -0.3 is 33.0 Å². The minimum absolute atomic E-state index is 0.0558. The summed E-state index contributed by atoms with van der Waals surface area (Å²) in [5, 5.41) is 10.0. The summed E-state index contributed by atoms with van der Waals surface area (Å²) >= 11 is 0. The van der Waals surface area contributed by atoms with Gasteiger partial charge in [0.2, 0.25) is 0 Å². The molecule has 0 fully saturated rings. The van der Waals surface area contributed by atoms with E-state index >= 15 is 0 Å². The van der Waals surface area contributed by atoms with Gasteiger partial charge in [0.25, 0.3) is 7.82 Å². The number of allylic oxidation sites excluding steroid dienone is 8. The van der Waals surface area contributed by atoms with Crippen molar-refractivity contribution >= 4 is 19.8 Å². The highest BCUT2D eigenvalue weighted by atomic mass is 31.2. The summed E-state index contributed by atoms with van der Waals surface area (Å²) in [6.07, 6.45) is 38.5. The van der Waals surface area contributed by atoms with E-state index in [9.17, 15) is 24.2 Å². The van der Waals surface area contributed by atoms with Gasteiger partial charge in [-0.2, -0.15) is 0 Å². The minimum Gasteiger partial charge on any atom is -0.756 e. The number of aliphatic hydroxyl groups is 1. The van der Waals surface area contributed by atoms with Crippen LogP contribution in [-0.2, 0) is 32.7 Å². The van der Waals surface area contributed by atoms with E-state index in [1.54, 1.807) is 6.08 Å². The highest BCUT2D eigenvalue weighted by molar-refractivity contribution is 7.45. The molecule has 0 radical (unpaired) electrons. The molecule has 0 aliphatic rings. The predicted molar refractivity (Wildman–Crippen MR) is 223 cm³/mol. The number of likely N-dealkylation sites (N-methyl/N-ethyl adjacent to an activating group) is 1. The number of unbranched alkanes of at least 4 members (excludes halogenated alkanes) is 13. The molecule has 0 aliphatic carbocycles. The molecule has 1 N–H and O–H groups in total. The fourth-order valence-electron chi connectivity index (χ4n) is 5.19. The molecule has 0 saturated carbocycles. The van der Waals surface area contributed by atoms with E-state index in [0.717, 1.165) is 51.4 Å². The third-order valence-corrected chi connectivity index (χ3v) is 9.55. The number of ether oxygens (including phenoxy) is 2. The van der Waals surface area contributed by atoms with Crippen LogP contribution in [0.3, 0.4) is 0 Å². The van der Waals surface area contributed by atoms with E-state index in [1.165, 1.54) is 44.9 Å². The Morgan fingerprint density at radius 1 is 0.673 bits per heavy atom. The molecule has 0 aliphatic heterocycles. The van der Waals surface area contributed by atoms with E-state index in [-0.39, 0.29) is 26.1 Å². The summed E-state index contributed by atoms with van der Waals surface area (Å²) in [6, 6.07) is 0. The predicted octanol–water partition coefficient (Wildman–Crippen LogP) is 10.0. The summed E-state index contributed by atoms with van der Waals surface area (Å²) in [7, 11) is 1.08. The van der Waals surface area contributed by atoms with E-state index in [4.69, 9.17) is 18.5 Å². The number of phosphoric acid groups is 1. The zero-order chi connectivity index (χ0) is 40.9. The first kappa shape index (κ1) is 52.7. The van der Waals surface area contributed by atoms with Gasteiger partial charge in [-0.3, -0.25) is 14.2 Å². The van der Waals surface area contributed by atoms with Crippen molar-refractivity contribution in [2.75, 3.05) is 47.5 Å². The normalized spacial score (nSPS) is 14.8. The SMILES string of the molecule is CCCCC/C=C\C[C@H](O)/C=C/C=C\C/C=C\CCCC(=O)O[C@H](COC(=O)CCCCCCC/C=C\CCCCCC)COP(=O)([O-])OCC[N+](C)(C)C. The highest BCUT2D eigenvalue weighted by Crippen LogP contribution is 2.38. The number of quaternary nitrogens is 1. The molecule has 3 atom stereocenters. The summed E-state index contributed by atoms with van der Waals surface area (Å²) in [5.41, 5.74) is 0. The quantitative estimate of drug-likeness (QED) is 0.0163. The molecule has 55 heavy (non-hydrogen) atoms. The maximum Gasteiger partial charge on any atom is 0.306 e. The third-order valence-electron chi connectivity index (χ3n) is 8.59. The van der Waals surface area contributed by atoms with Gasteiger partial charge >= 0.3 is 11.9 Å². The Hall–Kier alpha value is -2.33. The average Bonchev–Trinajstić information content (AvgIpc) is 3.13. The van der Waals surface area contributed by atoms with Crippen LogP contribution in [0.15, 0.2) is 60.8 Å². The Morgan fingerprint density at radius 3 is 1.93 bits per heavy atom. The number of carbonyl (C=O) groups excluding carboxylic acids is 2. The van der Waals surface area contributed by atoms with Crippen LogP contribution in [0.5, 0.6) is 0 Å². The molecule has 0 heterocycles. The van der Waals surface area contributed by atoms with Crippen molar-refractivity contribution < 1.29 is 47.2 Å². The van der Waals surface area contributed by atoms with Gasteiger partial charge in [0.15, 0.2) is 6.10 Å². The third kappa shape index (κ3) is 39.7. The molecule has 1 unspecified atom stereocenters. The summed E-state index contributed by atoms with van der Waals surface area (Å²) in [5.74, 6) is -0.955. The molecule has 0 saturated heterocycles. The van der Waals surface area contributed by atoms with Crippen molar-refractivity contribution in [2.24, 2.45) is 0 Å². The van der Waals surface area contributed by atoms with Crippen LogP contribution >= 0.6 is 7.82 Å². The number of phosphoric ester groups is 1. The summed E-state index contributed by atoms with van der Waals surface area (Å²) in [6.45, 7) is 3.99. The van der Waals surface area contributed by atoms with Crippen LogP contribution in [0.2, 0.25) is 0 Å². The molecular formula is C44H78NO9P. The molecule has 11 heteroatoms. The maximum absolute atomic E-state index is 12.6. The molecule has 0 aromatic carbocycles. The van der Waals surface area contributed by atoms with Crippen molar-refractivity contribution in [1.82, 2.24) is 0 Å². The number of nitrogens with zero attached hydrogens (tertiary/aromatic N) is 1. The van der Waals surface area contributed by atoms with Crippen molar-refractivity contribution in [3.05, 3.63) is 60.8 Å². The molecule has 318 valence electrons. The topological polar surface area (TPSA) is 131 Å². The van der Waals surface area contributed by atoms with Gasteiger partial charge in [0.05, 0.1) is 33.9 Å². The number of carbonyl (C=O) groups is 2. The number of aliphatic hydroxyl groups excluding tert-OH is 1. The highest BCUT2D eigenvalue weighted by Gasteiger charge is 2.21. The lowest BCUT2D eigenvalue weighted by molar-refractivity contribution is -0.870. The summed E-state index contributed by atoms with van der Waals surface area (Å²) < 4.78 is 33.7. The first-order valence-electron chi connectivity index (χ1n) is 21.1. The van der Waals surface area contributed by atoms with Crippen LogP contribution in [0, 0.1) is 0 Å². The van der Waals surface area contributed by atoms with Crippen molar-refractivity contribution in [3.63, 3.8) is 0 Å². The Balaban J connectivity index is 4.58. The molecule has 0 aromatic rings. The van der Waals surface area contributed by atoms with Gasteiger partial charge in [-0.15, -0.1) is 0 Å². The molecule has 0 amide bonds. The van der Waals surface area contributed by atoms with Crippen LogP contribution in [0.25, 0.3) is 0 Å². The lowest BCUT2D eigenvalue weighted by atomic mass is 10.1. The number of rotatable bonds is 37. The van der Waals surface area contributed by atoms with Gasteiger partial charge in [0.1, 0.15) is 19.8 Å². The van der Waals surface area contributed by atoms with Gasteiger partial charge in [-0.05, 0) is 70.6 Å². The van der Waals surface area contributed by atoms with Gasteiger partial charge in [0, 0.05) is 12.8 Å². The van der Waals surface area contributed by atoms with Crippen molar-refractivity contribution in [2.45, 2.75) is 161 Å². The van der Waals surface area contributed by atoms with Gasteiger partial charge in [-0.1, -0.05) is 126 Å². The first-order valence-corrected chi connectivity index (χ1v) is 22.6. The van der Waals surface area contributed by atoms with E-state index in [2.05, 4.69) is 32.1 Å². The van der Waals surface area contributed by atoms with E-state index < -0.39 is 38.6 Å². The standard InChI is InChI=1S/C44H78NO9P/c1-6-8-10-12-14-15-16-17-18-19-23-27-31-35-43(47)51-39-42(40-53-55(49,50)52-38-37-45(3,4)5)54-44(48)36-32-28-24-21-20-22-26-30-34-41(46)33-29-25-13-11-9-7-2/h15-16,21-22,24-26,29-30,34,41-42,46H,6-14,17-20,23,27-28,31-33,35-40H2,1-5H3/b16-15-,24-21-,26-22-,29-25-,34-30+/t41-,42+/m0/s1. The Morgan fingerprint density at radius 2 is 1.24 bits per heavy atom. The fraction of sp³-hybridized carbons (Fsp3) is 0.727. The summed E-state index contributed by atoms with van der Waals surface area (Å²) in [4.78, 5) is 37.4. The maximum atomic E-state index is 12.6. The lowest BCUT2D eigenvalue weighted by Crippen LogP contribution is -2.37. The lowest BCUT2D eigenvalue weighted by Gasteiger charge is -2.28. The van der Waals surface area contributed by atoms with E-state index in [1.807, 2.05) is 57.6 Å². The molecule has 0 spiro atoms. The van der Waals surface area contributed by atoms with Crippen molar-refractivity contribution in [3.8, 4) is 0 Å². The number of hydrogen-bond donors (Lipinski definition) is 1. The number of hydrogen-bond acceptors (Lipinski definition) is 9. The van der Waals surface area contributed by atoms with Crippen molar-refractivity contribution in [1.29, 1.82) is 0 Å². The largest absolute Gasteiger partial charge is 0.756 e. The second kappa shape index (κ2) is 36.0. The monoisotopic (exact) mass is 796 g/mol. The Labute approximate surface area is 335 Å². The fourth-order valence-corrected chi connectivity index (χ4v) is 5.92. The molecule has 10 nitrogen and oxygen atoms in total. The molecule has 0 bridgehead atoms. The van der Waals surface area contributed by atoms with E-state index in [0.29, 0.717) is 36.7 Å². The van der Waals surface area contributed by atoms with Crippen LogP contribution in [0.4, 0.5) is 0 Å². The zero-order valence-corrected chi connectivity index (χ0v) is 36.1. The van der Waals surface area contributed by atoms with Crippen LogP contribution in [0.1, 0.15) is 149 Å². The van der Waals surface area contributed by atoms with Crippen LogP contribution < -0.4 is 4.89 Å². The average molecular weight is 796 g/mol. The first-order chi connectivity index (χ1) is 26.4. The molecular weight excluding hydrogens is 717 g/mol. The second-order valence-corrected chi connectivity index (χ2v) is 16.6. The molecule has 0 rings (SSSR count). The minimum atomic E-state index is -4.66.